The van der Waals surface area contributed by atoms with E-state index in [1.165, 1.54) is 5.56 Å². The first-order chi connectivity index (χ1) is 11.2. The van der Waals surface area contributed by atoms with Gasteiger partial charge in [-0.05, 0) is 24.8 Å². The van der Waals surface area contributed by atoms with Crippen LogP contribution in [0.2, 0.25) is 0 Å². The maximum absolute atomic E-state index is 12.1. The molecule has 2 atom stereocenters. The van der Waals surface area contributed by atoms with Gasteiger partial charge in [-0.15, -0.1) is 0 Å². The highest BCUT2D eigenvalue weighted by Gasteiger charge is 2.48. The number of carbonyl (C=O) groups excluding carboxylic acids is 1. The largest absolute Gasteiger partial charge is 0.375 e. The molecule has 2 aliphatic heterocycles. The maximum atomic E-state index is 12.1. The van der Waals surface area contributed by atoms with E-state index in [9.17, 15) is 4.79 Å². The quantitative estimate of drug-likeness (QED) is 0.833. The predicted molar refractivity (Wildman–Crippen MR) is 86.0 cm³/mol. The van der Waals surface area contributed by atoms with Gasteiger partial charge in [0, 0.05) is 20.3 Å². The SMILES string of the molecule is COCC(=O)N1CC[C@H](OCc2ccccc2)[C@]2(CCCO2)C1. The number of hydrogen-bond acceptors (Lipinski definition) is 4. The van der Waals surface area contributed by atoms with Crippen molar-refractivity contribution >= 4 is 5.91 Å². The number of benzene rings is 1. The number of rotatable bonds is 5. The molecule has 0 aliphatic carbocycles. The summed E-state index contributed by atoms with van der Waals surface area (Å²) in [6.45, 7) is 2.77. The van der Waals surface area contributed by atoms with E-state index in [1.807, 2.05) is 23.1 Å². The Hall–Kier alpha value is -1.43. The van der Waals surface area contributed by atoms with Gasteiger partial charge in [0.15, 0.2) is 0 Å². The van der Waals surface area contributed by atoms with Gasteiger partial charge >= 0.3 is 0 Å². The Labute approximate surface area is 137 Å². The predicted octanol–water partition coefficient (Wildman–Crippen LogP) is 2.00. The fraction of sp³-hybridized carbons (Fsp3) is 0.611. The van der Waals surface area contributed by atoms with E-state index in [1.54, 1.807) is 7.11 Å². The highest BCUT2D eigenvalue weighted by molar-refractivity contribution is 5.77. The number of hydrogen-bond donors (Lipinski definition) is 0. The van der Waals surface area contributed by atoms with Crippen molar-refractivity contribution in [2.75, 3.05) is 33.4 Å². The van der Waals surface area contributed by atoms with Crippen molar-refractivity contribution in [1.29, 1.82) is 0 Å². The number of likely N-dealkylation sites (tertiary alicyclic amines) is 1. The van der Waals surface area contributed by atoms with Crippen LogP contribution in [0.5, 0.6) is 0 Å². The van der Waals surface area contributed by atoms with Crippen LogP contribution in [-0.2, 0) is 25.6 Å². The standard InChI is InChI=1S/C18H25NO4/c1-21-13-17(20)19-10-8-16(18(14-19)9-5-11-23-18)22-12-15-6-3-2-4-7-15/h2-4,6-7,16H,5,8-14H2,1H3/t16-,18-/m0/s1. The molecule has 1 aromatic rings. The molecule has 1 spiro atoms. The van der Waals surface area contributed by atoms with Gasteiger partial charge in [0.05, 0.1) is 19.3 Å². The summed E-state index contributed by atoms with van der Waals surface area (Å²) in [5.41, 5.74) is 0.815. The molecule has 1 amide bonds. The molecule has 2 saturated heterocycles. The third kappa shape index (κ3) is 3.74. The minimum Gasteiger partial charge on any atom is -0.375 e. The van der Waals surface area contributed by atoms with E-state index < -0.39 is 0 Å². The fourth-order valence-electron chi connectivity index (χ4n) is 3.57. The molecule has 0 bridgehead atoms. The molecule has 0 saturated carbocycles. The minimum absolute atomic E-state index is 0.0314. The highest BCUT2D eigenvalue weighted by atomic mass is 16.6. The van der Waals surface area contributed by atoms with Crippen LogP contribution in [0.15, 0.2) is 30.3 Å². The summed E-state index contributed by atoms with van der Waals surface area (Å²) in [5, 5.41) is 0. The summed E-state index contributed by atoms with van der Waals surface area (Å²) in [5.74, 6) is 0.0314. The lowest BCUT2D eigenvalue weighted by Gasteiger charge is -2.45. The van der Waals surface area contributed by atoms with Gasteiger partial charge in [0.25, 0.3) is 0 Å². The van der Waals surface area contributed by atoms with E-state index in [-0.39, 0.29) is 24.2 Å². The molecule has 126 valence electrons. The van der Waals surface area contributed by atoms with Crippen molar-refractivity contribution < 1.29 is 19.0 Å². The number of ether oxygens (including phenoxy) is 3. The van der Waals surface area contributed by atoms with E-state index >= 15 is 0 Å². The Kier molecular flexibility index (Phi) is 5.30. The van der Waals surface area contributed by atoms with E-state index in [0.29, 0.717) is 19.7 Å². The number of methoxy groups -OCH3 is 1. The van der Waals surface area contributed by atoms with Crippen LogP contribution in [0.4, 0.5) is 0 Å². The van der Waals surface area contributed by atoms with Crippen LogP contribution in [0.1, 0.15) is 24.8 Å². The van der Waals surface area contributed by atoms with Gasteiger partial charge in [-0.2, -0.15) is 0 Å². The fourth-order valence-corrected chi connectivity index (χ4v) is 3.57. The molecule has 2 fully saturated rings. The summed E-state index contributed by atoms with van der Waals surface area (Å²) in [6.07, 6.45) is 2.82. The lowest BCUT2D eigenvalue weighted by molar-refractivity contribution is -0.171. The second kappa shape index (κ2) is 7.43. The zero-order valence-corrected chi connectivity index (χ0v) is 13.7. The lowest BCUT2D eigenvalue weighted by Crippen LogP contribution is -2.59. The van der Waals surface area contributed by atoms with Crippen LogP contribution in [0, 0.1) is 0 Å². The Morgan fingerprint density at radius 3 is 2.91 bits per heavy atom. The average molecular weight is 319 g/mol. The Morgan fingerprint density at radius 1 is 1.39 bits per heavy atom. The zero-order chi connectivity index (χ0) is 16.1. The number of amides is 1. The average Bonchev–Trinajstić information content (AvgIpc) is 3.04. The molecule has 1 aromatic carbocycles. The number of piperidine rings is 1. The van der Waals surface area contributed by atoms with Gasteiger partial charge < -0.3 is 19.1 Å². The number of nitrogens with zero attached hydrogens (tertiary/aromatic N) is 1. The normalized spacial score (nSPS) is 27.5. The van der Waals surface area contributed by atoms with Gasteiger partial charge in [0.2, 0.25) is 5.91 Å². The first-order valence-electron chi connectivity index (χ1n) is 8.30. The molecule has 2 heterocycles. The summed E-state index contributed by atoms with van der Waals surface area (Å²) < 4.78 is 17.3. The highest BCUT2D eigenvalue weighted by Crippen LogP contribution is 2.37. The molecule has 5 heteroatoms. The van der Waals surface area contributed by atoms with Gasteiger partial charge in [-0.3, -0.25) is 4.79 Å². The molecule has 2 aliphatic rings. The molecule has 0 N–H and O–H groups in total. The smallest absolute Gasteiger partial charge is 0.248 e. The monoisotopic (exact) mass is 319 g/mol. The molecular weight excluding hydrogens is 294 g/mol. The molecule has 23 heavy (non-hydrogen) atoms. The van der Waals surface area contributed by atoms with Crippen molar-refractivity contribution in [3.63, 3.8) is 0 Å². The minimum atomic E-state index is -0.351. The second-order valence-electron chi connectivity index (χ2n) is 6.34. The van der Waals surface area contributed by atoms with Crippen LogP contribution in [0.25, 0.3) is 0 Å². The van der Waals surface area contributed by atoms with Crippen molar-refractivity contribution in [2.45, 2.75) is 37.6 Å². The van der Waals surface area contributed by atoms with Crippen LogP contribution >= 0.6 is 0 Å². The zero-order valence-electron chi connectivity index (χ0n) is 13.7. The summed E-state index contributed by atoms with van der Waals surface area (Å²) in [6, 6.07) is 10.2. The lowest BCUT2D eigenvalue weighted by atomic mass is 9.86. The third-order valence-electron chi connectivity index (χ3n) is 4.75. The van der Waals surface area contributed by atoms with Gasteiger partial charge in [-0.25, -0.2) is 0 Å². The van der Waals surface area contributed by atoms with E-state index in [0.717, 1.165) is 25.9 Å². The molecule has 0 unspecified atom stereocenters. The van der Waals surface area contributed by atoms with Crippen molar-refractivity contribution in [1.82, 2.24) is 4.90 Å². The summed E-state index contributed by atoms with van der Waals surface area (Å²) in [4.78, 5) is 14.0. The van der Waals surface area contributed by atoms with Gasteiger partial charge in [-0.1, -0.05) is 30.3 Å². The first kappa shape index (κ1) is 16.4. The molecule has 3 rings (SSSR count). The topological polar surface area (TPSA) is 48.0 Å². The summed E-state index contributed by atoms with van der Waals surface area (Å²) >= 11 is 0. The van der Waals surface area contributed by atoms with Crippen LogP contribution in [-0.4, -0.2) is 55.9 Å². The van der Waals surface area contributed by atoms with Gasteiger partial charge in [0.1, 0.15) is 12.2 Å². The van der Waals surface area contributed by atoms with Crippen LogP contribution < -0.4 is 0 Å². The molecule has 5 nitrogen and oxygen atoms in total. The Balaban J connectivity index is 1.65. The Bertz CT molecular complexity index is 513. The van der Waals surface area contributed by atoms with E-state index in [4.69, 9.17) is 14.2 Å². The Morgan fingerprint density at radius 2 is 2.22 bits per heavy atom. The van der Waals surface area contributed by atoms with Crippen molar-refractivity contribution in [2.24, 2.45) is 0 Å². The van der Waals surface area contributed by atoms with Crippen LogP contribution in [0.3, 0.4) is 0 Å². The molecule has 0 aromatic heterocycles. The molecule has 0 radical (unpaired) electrons. The van der Waals surface area contributed by atoms with Crippen molar-refractivity contribution in [3.8, 4) is 0 Å². The maximum Gasteiger partial charge on any atom is 0.248 e. The molecular formula is C18H25NO4. The second-order valence-corrected chi connectivity index (χ2v) is 6.34. The van der Waals surface area contributed by atoms with E-state index in [2.05, 4.69) is 12.1 Å². The first-order valence-corrected chi connectivity index (χ1v) is 8.30. The van der Waals surface area contributed by atoms with Crippen molar-refractivity contribution in [3.05, 3.63) is 35.9 Å². The third-order valence-corrected chi connectivity index (χ3v) is 4.75. The number of carbonyl (C=O) groups is 1. The summed E-state index contributed by atoms with van der Waals surface area (Å²) in [7, 11) is 1.55.